The van der Waals surface area contributed by atoms with E-state index in [1.807, 2.05) is 12.1 Å². The molecule has 3 N–H and O–H groups in total. The third kappa shape index (κ3) is 3.89. The van der Waals surface area contributed by atoms with Crippen molar-refractivity contribution < 1.29 is 14.4 Å². The van der Waals surface area contributed by atoms with E-state index in [9.17, 15) is 14.4 Å². The Labute approximate surface area is 183 Å². The molecular weight excluding hydrogens is 392 g/mol. The normalized spacial score (nSPS) is 30.7. The zero-order valence-corrected chi connectivity index (χ0v) is 18.0. The number of imide groups is 1. The number of hydrogen-bond acceptors (Lipinski definition) is 5. The molecule has 3 amide bonds. The molecule has 0 radical (unpaired) electrons. The molecule has 7 heteroatoms. The minimum absolute atomic E-state index is 0.103. The molecule has 1 aliphatic carbocycles. The maximum absolute atomic E-state index is 13.0. The van der Waals surface area contributed by atoms with Gasteiger partial charge in [0.2, 0.25) is 11.8 Å². The summed E-state index contributed by atoms with van der Waals surface area (Å²) >= 11 is 0. The summed E-state index contributed by atoms with van der Waals surface area (Å²) in [5, 5.41) is 9.80. The average Bonchev–Trinajstić information content (AvgIpc) is 3.09. The van der Waals surface area contributed by atoms with E-state index in [0.717, 1.165) is 30.8 Å². The van der Waals surface area contributed by atoms with E-state index in [1.54, 1.807) is 4.90 Å². The van der Waals surface area contributed by atoms with Crippen LogP contribution in [0.15, 0.2) is 18.2 Å². The first-order chi connectivity index (χ1) is 15.1. The first-order valence-electron chi connectivity index (χ1n) is 11.8. The van der Waals surface area contributed by atoms with Gasteiger partial charge in [0.05, 0.1) is 0 Å². The van der Waals surface area contributed by atoms with E-state index < -0.39 is 6.04 Å². The molecule has 0 bridgehead atoms. The fourth-order valence-electron chi connectivity index (χ4n) is 6.11. The van der Waals surface area contributed by atoms with Gasteiger partial charge in [-0.25, -0.2) is 0 Å². The maximum atomic E-state index is 13.0. The van der Waals surface area contributed by atoms with Gasteiger partial charge in [-0.15, -0.1) is 0 Å². The molecule has 166 valence electrons. The molecular formula is C24H32N4O3. The average molecular weight is 425 g/mol. The summed E-state index contributed by atoms with van der Waals surface area (Å²) in [7, 11) is 0. The lowest BCUT2D eigenvalue weighted by Crippen LogP contribution is -2.55. The van der Waals surface area contributed by atoms with Crippen LogP contribution in [-0.2, 0) is 22.7 Å². The largest absolute Gasteiger partial charge is 0.322 e. The van der Waals surface area contributed by atoms with Gasteiger partial charge < -0.3 is 15.5 Å². The lowest BCUT2D eigenvalue weighted by molar-refractivity contribution is -0.136. The predicted molar refractivity (Wildman–Crippen MR) is 116 cm³/mol. The molecule has 3 fully saturated rings. The summed E-state index contributed by atoms with van der Waals surface area (Å²) in [5.74, 6) is -0.720. The Kier molecular flexibility index (Phi) is 5.56. The summed E-state index contributed by atoms with van der Waals surface area (Å²) in [4.78, 5) is 38.3. The standard InChI is InChI=1S/C24H32N4O3/c29-21-8-7-19(22(30)27-21)28-14-17-6-5-16(12-18(17)23(28)31)13-25-15-24-9-2-1-4-20(24)26-11-3-10-24/h5-6,12,19-20,25-26H,1-4,7-11,13-15H2,(H,27,29,30)/t19?,20-,24+/m0/s1. The first kappa shape index (κ1) is 20.6. The highest BCUT2D eigenvalue weighted by molar-refractivity contribution is 6.05. The monoisotopic (exact) mass is 424 g/mol. The van der Waals surface area contributed by atoms with E-state index in [1.165, 1.54) is 38.5 Å². The van der Waals surface area contributed by atoms with E-state index in [4.69, 9.17) is 0 Å². The molecule has 0 aromatic heterocycles. The highest BCUT2D eigenvalue weighted by Crippen LogP contribution is 2.42. The van der Waals surface area contributed by atoms with Crippen molar-refractivity contribution in [3.05, 3.63) is 34.9 Å². The molecule has 4 aliphatic rings. The summed E-state index contributed by atoms with van der Waals surface area (Å²) in [5.41, 5.74) is 3.12. The number of carbonyl (C=O) groups is 3. The van der Waals surface area contributed by atoms with Crippen molar-refractivity contribution in [2.45, 2.75) is 76.5 Å². The van der Waals surface area contributed by atoms with Crippen molar-refractivity contribution in [3.8, 4) is 0 Å². The molecule has 0 spiro atoms. The zero-order chi connectivity index (χ0) is 21.4. The number of rotatable bonds is 5. The summed E-state index contributed by atoms with van der Waals surface area (Å²) in [6.07, 6.45) is 8.45. The number of nitrogens with zero attached hydrogens (tertiary/aromatic N) is 1. The zero-order valence-electron chi connectivity index (χ0n) is 18.0. The molecule has 1 unspecified atom stereocenters. The van der Waals surface area contributed by atoms with Gasteiger partial charge in [-0.2, -0.15) is 0 Å². The van der Waals surface area contributed by atoms with E-state index >= 15 is 0 Å². The Morgan fingerprint density at radius 3 is 2.84 bits per heavy atom. The summed E-state index contributed by atoms with van der Waals surface area (Å²) in [6.45, 7) is 3.33. The second kappa shape index (κ2) is 8.36. The smallest absolute Gasteiger partial charge is 0.255 e. The van der Waals surface area contributed by atoms with Crippen LogP contribution in [0.5, 0.6) is 0 Å². The molecule has 7 nitrogen and oxygen atoms in total. The van der Waals surface area contributed by atoms with Gasteiger partial charge in [-0.05, 0) is 61.3 Å². The van der Waals surface area contributed by atoms with Crippen LogP contribution in [-0.4, -0.2) is 47.8 Å². The molecule has 5 rings (SSSR count). The second-order valence-electron chi connectivity index (χ2n) is 9.71. The fourth-order valence-corrected chi connectivity index (χ4v) is 6.11. The molecule has 1 aromatic rings. The molecule has 3 heterocycles. The van der Waals surface area contributed by atoms with Crippen LogP contribution in [0, 0.1) is 5.41 Å². The van der Waals surface area contributed by atoms with E-state index in [2.05, 4.69) is 22.0 Å². The van der Waals surface area contributed by atoms with Crippen LogP contribution >= 0.6 is 0 Å². The predicted octanol–water partition coefficient (Wildman–Crippen LogP) is 1.85. The SMILES string of the molecule is O=C1CCC(N2Cc3ccc(CNC[C@]45CCCC[C@@H]4NCCC5)cc3C2=O)C(=O)N1. The topological polar surface area (TPSA) is 90.5 Å². The number of fused-ring (bicyclic) bond motifs is 2. The molecule has 31 heavy (non-hydrogen) atoms. The fraction of sp³-hybridized carbons (Fsp3) is 0.625. The number of hydrogen-bond donors (Lipinski definition) is 3. The minimum Gasteiger partial charge on any atom is -0.322 e. The number of carbonyl (C=O) groups excluding carboxylic acids is 3. The highest BCUT2D eigenvalue weighted by atomic mass is 16.2. The number of nitrogens with one attached hydrogen (secondary N) is 3. The Balaban J connectivity index is 1.23. The van der Waals surface area contributed by atoms with Gasteiger partial charge in [0, 0.05) is 37.7 Å². The molecule has 3 aliphatic heterocycles. The molecule has 1 aromatic carbocycles. The van der Waals surface area contributed by atoms with Crippen molar-refractivity contribution in [3.63, 3.8) is 0 Å². The molecule has 1 saturated carbocycles. The number of amides is 3. The Bertz CT molecular complexity index is 887. The minimum atomic E-state index is -0.555. The van der Waals surface area contributed by atoms with Gasteiger partial charge >= 0.3 is 0 Å². The van der Waals surface area contributed by atoms with Crippen LogP contribution in [0.3, 0.4) is 0 Å². The summed E-state index contributed by atoms with van der Waals surface area (Å²) in [6, 6.07) is 6.15. The molecule has 3 atom stereocenters. The lowest BCUT2D eigenvalue weighted by Gasteiger charge is -2.48. The highest BCUT2D eigenvalue weighted by Gasteiger charge is 2.42. The van der Waals surface area contributed by atoms with Gasteiger partial charge in [0.15, 0.2) is 0 Å². The number of benzene rings is 1. The van der Waals surface area contributed by atoms with Crippen LogP contribution in [0.2, 0.25) is 0 Å². The third-order valence-corrected chi connectivity index (χ3v) is 7.80. The first-order valence-corrected chi connectivity index (χ1v) is 11.8. The molecule has 2 saturated heterocycles. The van der Waals surface area contributed by atoms with Gasteiger partial charge in [-0.3, -0.25) is 19.7 Å². The second-order valence-corrected chi connectivity index (χ2v) is 9.71. The van der Waals surface area contributed by atoms with Crippen LogP contribution in [0.4, 0.5) is 0 Å². The van der Waals surface area contributed by atoms with Crippen LogP contribution in [0.1, 0.15) is 72.9 Å². The Hall–Kier alpha value is -2.25. The maximum Gasteiger partial charge on any atom is 0.255 e. The van der Waals surface area contributed by atoms with Crippen molar-refractivity contribution in [2.75, 3.05) is 13.1 Å². The van der Waals surface area contributed by atoms with E-state index in [-0.39, 0.29) is 24.1 Å². The van der Waals surface area contributed by atoms with Gasteiger partial charge in [0.25, 0.3) is 5.91 Å². The summed E-state index contributed by atoms with van der Waals surface area (Å²) < 4.78 is 0. The van der Waals surface area contributed by atoms with Crippen molar-refractivity contribution in [1.29, 1.82) is 0 Å². The quantitative estimate of drug-likeness (QED) is 0.628. The lowest BCUT2D eigenvalue weighted by atomic mass is 9.66. The Morgan fingerprint density at radius 1 is 1.10 bits per heavy atom. The van der Waals surface area contributed by atoms with Crippen molar-refractivity contribution in [1.82, 2.24) is 20.9 Å². The van der Waals surface area contributed by atoms with Crippen molar-refractivity contribution >= 4 is 17.7 Å². The van der Waals surface area contributed by atoms with Gasteiger partial charge in [-0.1, -0.05) is 25.0 Å². The van der Waals surface area contributed by atoms with Crippen molar-refractivity contribution in [2.24, 2.45) is 5.41 Å². The third-order valence-electron chi connectivity index (χ3n) is 7.80. The van der Waals surface area contributed by atoms with Crippen LogP contribution < -0.4 is 16.0 Å². The Morgan fingerprint density at radius 2 is 1.97 bits per heavy atom. The van der Waals surface area contributed by atoms with Crippen LogP contribution in [0.25, 0.3) is 0 Å². The van der Waals surface area contributed by atoms with Gasteiger partial charge in [0.1, 0.15) is 6.04 Å². The number of piperidine rings is 2. The van der Waals surface area contributed by atoms with E-state index in [0.29, 0.717) is 30.0 Å².